The Morgan fingerprint density at radius 1 is 1.38 bits per heavy atom. The first kappa shape index (κ1) is 16.8. The number of furan rings is 1. The van der Waals surface area contributed by atoms with Crippen molar-refractivity contribution < 1.29 is 28.6 Å². The van der Waals surface area contributed by atoms with Crippen LogP contribution < -0.4 is 0 Å². The zero-order chi connectivity index (χ0) is 18.7. The molecule has 1 N–H and O–H groups in total. The van der Waals surface area contributed by atoms with E-state index in [0.717, 1.165) is 11.1 Å². The third-order valence-electron chi connectivity index (χ3n) is 5.98. The molecule has 0 radical (unpaired) electrons. The van der Waals surface area contributed by atoms with Gasteiger partial charge >= 0.3 is 11.9 Å². The summed E-state index contributed by atoms with van der Waals surface area (Å²) >= 11 is 0. The van der Waals surface area contributed by atoms with Gasteiger partial charge in [0.1, 0.15) is 17.5 Å². The minimum absolute atomic E-state index is 0.0971. The van der Waals surface area contributed by atoms with E-state index in [-0.39, 0.29) is 11.7 Å². The topological polar surface area (TPSA) is 86.0 Å². The molecule has 26 heavy (non-hydrogen) atoms. The van der Waals surface area contributed by atoms with E-state index in [2.05, 4.69) is 0 Å². The Hall–Kier alpha value is -2.60. The Bertz CT molecular complexity index is 883. The average molecular weight is 356 g/mol. The normalized spacial score (nSPS) is 33.1. The van der Waals surface area contributed by atoms with Crippen LogP contribution in [0.1, 0.15) is 44.2 Å². The Morgan fingerprint density at radius 2 is 2.15 bits per heavy atom. The summed E-state index contributed by atoms with van der Waals surface area (Å²) in [5.41, 5.74) is 0.192. The molecule has 0 saturated heterocycles. The van der Waals surface area contributed by atoms with Crippen molar-refractivity contribution in [3.05, 3.63) is 58.8 Å². The van der Waals surface area contributed by atoms with E-state index in [1.165, 1.54) is 12.3 Å². The third kappa shape index (κ3) is 2.22. The highest BCUT2D eigenvalue weighted by atomic mass is 16.6. The van der Waals surface area contributed by atoms with Gasteiger partial charge in [-0.15, -0.1) is 0 Å². The molecule has 2 heterocycles. The summed E-state index contributed by atoms with van der Waals surface area (Å²) in [5, 5.41) is 11.4. The second-order valence-corrected chi connectivity index (χ2v) is 7.42. The van der Waals surface area contributed by atoms with E-state index in [1.807, 2.05) is 19.1 Å². The number of allylic oxidation sites excluding steroid dienone is 2. The van der Waals surface area contributed by atoms with Gasteiger partial charge in [0.05, 0.1) is 6.26 Å². The molecule has 6 heteroatoms. The van der Waals surface area contributed by atoms with Crippen molar-refractivity contribution in [2.45, 2.75) is 45.3 Å². The predicted molar refractivity (Wildman–Crippen MR) is 90.8 cm³/mol. The second-order valence-electron chi connectivity index (χ2n) is 7.42. The van der Waals surface area contributed by atoms with Gasteiger partial charge in [0, 0.05) is 23.0 Å². The van der Waals surface area contributed by atoms with Crippen LogP contribution in [-0.4, -0.2) is 28.8 Å². The monoisotopic (exact) mass is 356 g/mol. The van der Waals surface area contributed by atoms with Crippen LogP contribution in [0, 0.1) is 5.41 Å². The molecule has 6 nitrogen and oxygen atoms in total. The first-order valence-electron chi connectivity index (χ1n) is 8.55. The molecule has 0 spiro atoms. The van der Waals surface area contributed by atoms with Gasteiger partial charge in [-0.25, -0.2) is 9.59 Å². The van der Waals surface area contributed by atoms with Crippen LogP contribution in [0.5, 0.6) is 0 Å². The van der Waals surface area contributed by atoms with E-state index >= 15 is 0 Å². The van der Waals surface area contributed by atoms with E-state index in [9.17, 15) is 14.7 Å². The number of hydrogen-bond acceptors (Lipinski definition) is 6. The molecule has 2 aliphatic carbocycles. The summed E-state index contributed by atoms with van der Waals surface area (Å²) in [5.74, 6) is -0.310. The molecule has 0 amide bonds. The first-order chi connectivity index (χ1) is 12.2. The first-order valence-corrected chi connectivity index (χ1v) is 8.55. The number of carbonyl (C=O) groups excluding carboxylic acids is 2. The van der Waals surface area contributed by atoms with Crippen molar-refractivity contribution in [3.8, 4) is 0 Å². The molecule has 136 valence electrons. The maximum atomic E-state index is 12.3. The van der Waals surface area contributed by atoms with Crippen molar-refractivity contribution in [1.29, 1.82) is 0 Å². The van der Waals surface area contributed by atoms with Crippen LogP contribution in [0.2, 0.25) is 0 Å². The third-order valence-corrected chi connectivity index (χ3v) is 5.98. The van der Waals surface area contributed by atoms with Gasteiger partial charge in [-0.2, -0.15) is 0 Å². The lowest BCUT2D eigenvalue weighted by atomic mass is 9.58. The van der Waals surface area contributed by atoms with Gasteiger partial charge in [-0.05, 0) is 44.1 Å². The molecule has 1 aliphatic heterocycles. The highest BCUT2D eigenvalue weighted by molar-refractivity contribution is 5.94. The highest BCUT2D eigenvalue weighted by Gasteiger charge is 2.56. The Kier molecular flexibility index (Phi) is 3.53. The lowest BCUT2D eigenvalue weighted by Crippen LogP contribution is -2.57. The molecule has 0 saturated carbocycles. The number of esters is 2. The van der Waals surface area contributed by atoms with Gasteiger partial charge in [0.25, 0.3) is 0 Å². The zero-order valence-electron chi connectivity index (χ0n) is 14.9. The van der Waals surface area contributed by atoms with Crippen molar-refractivity contribution in [1.82, 2.24) is 0 Å². The van der Waals surface area contributed by atoms with Gasteiger partial charge in [0.2, 0.25) is 5.76 Å². The zero-order valence-corrected chi connectivity index (χ0v) is 14.9. The summed E-state index contributed by atoms with van der Waals surface area (Å²) in [6.45, 7) is 5.32. The second kappa shape index (κ2) is 5.45. The van der Waals surface area contributed by atoms with Crippen molar-refractivity contribution >= 4 is 11.9 Å². The Balaban J connectivity index is 1.69. The lowest BCUT2D eigenvalue weighted by molar-refractivity contribution is -0.138. The quantitative estimate of drug-likeness (QED) is 0.820. The largest absolute Gasteiger partial charge is 0.457 e. The van der Waals surface area contributed by atoms with Gasteiger partial charge in [0.15, 0.2) is 0 Å². The molecule has 0 unspecified atom stereocenters. The number of aliphatic hydroxyl groups is 1. The van der Waals surface area contributed by atoms with Gasteiger partial charge < -0.3 is 19.0 Å². The standard InChI is InChI=1S/C20H20O6/c1-11-13-10-19(2)12(9-15(13)25-17(11)21)6-7-16(20(19,3)23)26-18(22)14-5-4-8-24-14/h4-6,8-9,16,23H,7,10H2,1-3H3/t16-,19-,20-/m0/s1. The van der Waals surface area contributed by atoms with Gasteiger partial charge in [-0.3, -0.25) is 0 Å². The molecule has 1 aromatic rings. The average Bonchev–Trinajstić information content (AvgIpc) is 3.20. The minimum atomic E-state index is -1.33. The Labute approximate surface area is 150 Å². The van der Waals surface area contributed by atoms with Crippen LogP contribution in [-0.2, 0) is 14.3 Å². The number of hydrogen-bond donors (Lipinski definition) is 1. The van der Waals surface area contributed by atoms with Crippen LogP contribution >= 0.6 is 0 Å². The van der Waals surface area contributed by atoms with E-state index in [0.29, 0.717) is 24.2 Å². The summed E-state index contributed by atoms with van der Waals surface area (Å²) in [6, 6.07) is 3.13. The number of ether oxygens (including phenoxy) is 2. The summed E-state index contributed by atoms with van der Waals surface area (Å²) in [6.07, 6.45) is 5.21. The molecule has 3 aliphatic rings. The molecule has 0 aromatic carbocycles. The van der Waals surface area contributed by atoms with Crippen LogP contribution in [0.15, 0.2) is 57.4 Å². The number of fused-ring (bicyclic) bond motifs is 2. The molecule has 0 fully saturated rings. The fraction of sp³-hybridized carbons (Fsp3) is 0.400. The SMILES string of the molecule is CC1=C2C[C@@]3(C)C(=CC[C@H](OC(=O)c4ccco4)[C@]3(C)O)C=C2OC1=O. The summed E-state index contributed by atoms with van der Waals surface area (Å²) < 4.78 is 15.9. The number of rotatable bonds is 2. The van der Waals surface area contributed by atoms with Crippen LogP contribution in [0.4, 0.5) is 0 Å². The fourth-order valence-corrected chi connectivity index (χ4v) is 3.96. The fourth-order valence-electron chi connectivity index (χ4n) is 3.96. The van der Waals surface area contributed by atoms with E-state index in [1.54, 1.807) is 19.9 Å². The molecular formula is C20H20O6. The molecule has 3 atom stereocenters. The minimum Gasteiger partial charge on any atom is -0.457 e. The summed E-state index contributed by atoms with van der Waals surface area (Å²) in [4.78, 5) is 24.1. The molecule has 0 bridgehead atoms. The molecule has 1 aromatic heterocycles. The van der Waals surface area contributed by atoms with Gasteiger partial charge in [-0.1, -0.05) is 13.0 Å². The smallest absolute Gasteiger partial charge is 0.374 e. The maximum Gasteiger partial charge on any atom is 0.374 e. The van der Waals surface area contributed by atoms with E-state index in [4.69, 9.17) is 13.9 Å². The summed E-state index contributed by atoms with van der Waals surface area (Å²) in [7, 11) is 0. The van der Waals surface area contributed by atoms with E-state index < -0.39 is 23.1 Å². The van der Waals surface area contributed by atoms with Crippen molar-refractivity contribution in [3.63, 3.8) is 0 Å². The number of carbonyl (C=O) groups is 2. The molecular weight excluding hydrogens is 336 g/mol. The lowest BCUT2D eigenvalue weighted by Gasteiger charge is -2.51. The predicted octanol–water partition coefficient (Wildman–Crippen LogP) is 3.05. The highest BCUT2D eigenvalue weighted by Crippen LogP contribution is 2.55. The van der Waals surface area contributed by atoms with Crippen molar-refractivity contribution in [2.24, 2.45) is 5.41 Å². The maximum absolute atomic E-state index is 12.3. The molecule has 4 rings (SSSR count). The van der Waals surface area contributed by atoms with Crippen molar-refractivity contribution in [2.75, 3.05) is 0 Å². The van der Waals surface area contributed by atoms with Crippen LogP contribution in [0.3, 0.4) is 0 Å². The Morgan fingerprint density at radius 3 is 2.85 bits per heavy atom. The van der Waals surface area contributed by atoms with Crippen LogP contribution in [0.25, 0.3) is 0 Å².